The first-order valence-corrected chi connectivity index (χ1v) is 10.2. The fraction of sp³-hybridized carbons (Fsp3) is 0.429. The number of rotatable bonds is 9. The number of unbranched alkanes of at least 4 members (excludes halogenated alkanes) is 1. The van der Waals surface area contributed by atoms with Crippen LogP contribution in [0, 0.1) is 5.92 Å². The Morgan fingerprint density at radius 1 is 1.20 bits per heavy atom. The summed E-state index contributed by atoms with van der Waals surface area (Å²) in [7, 11) is 0. The molecule has 0 aliphatic rings. The molecule has 0 saturated carbocycles. The maximum absolute atomic E-state index is 12.7. The van der Waals surface area contributed by atoms with Crippen molar-refractivity contribution in [1.29, 1.82) is 0 Å². The van der Waals surface area contributed by atoms with Crippen molar-refractivity contribution in [1.82, 2.24) is 24.5 Å². The van der Waals surface area contributed by atoms with Crippen LogP contribution in [0.5, 0.6) is 0 Å². The van der Waals surface area contributed by atoms with Crippen molar-refractivity contribution in [2.75, 3.05) is 17.2 Å². The molecule has 2 aromatic heterocycles. The van der Waals surface area contributed by atoms with Crippen LogP contribution in [-0.2, 0) is 13.1 Å². The fourth-order valence-corrected chi connectivity index (χ4v) is 3.30. The molecule has 0 spiro atoms. The number of nitrogens with two attached hydrogens (primary N) is 1. The Balaban J connectivity index is 1.96. The number of aromatic amines is 1. The summed E-state index contributed by atoms with van der Waals surface area (Å²) in [5, 5.41) is 8.88. The number of para-hydroxylation sites is 1. The van der Waals surface area contributed by atoms with Gasteiger partial charge in [-0.25, -0.2) is 4.79 Å². The van der Waals surface area contributed by atoms with E-state index >= 15 is 0 Å². The van der Waals surface area contributed by atoms with Gasteiger partial charge in [-0.15, -0.1) is 0 Å². The first-order valence-electron chi connectivity index (χ1n) is 10.2. The van der Waals surface area contributed by atoms with E-state index in [-0.39, 0.29) is 11.7 Å². The van der Waals surface area contributed by atoms with Gasteiger partial charge in [-0.3, -0.25) is 14.3 Å². The standard InChI is InChI=1S/C21H29N7O2/c1-4-5-11-26(14-16-12-23-28(25-16)17-9-7-6-8-10-17)18-19(22)27(13-15(2)3)21(30)24-20(18)29/h6-10,12,15H,4-5,11,13-14,22H2,1-3H3,(H,24,29,30). The summed E-state index contributed by atoms with van der Waals surface area (Å²) >= 11 is 0. The summed E-state index contributed by atoms with van der Waals surface area (Å²) in [6.07, 6.45) is 3.51. The molecule has 1 aromatic carbocycles. The van der Waals surface area contributed by atoms with Gasteiger partial charge in [0.2, 0.25) is 0 Å². The molecule has 0 radical (unpaired) electrons. The molecule has 3 rings (SSSR count). The summed E-state index contributed by atoms with van der Waals surface area (Å²) in [6, 6.07) is 9.61. The Kier molecular flexibility index (Phi) is 6.71. The van der Waals surface area contributed by atoms with E-state index in [0.29, 0.717) is 31.0 Å². The average molecular weight is 412 g/mol. The Morgan fingerprint density at radius 2 is 1.93 bits per heavy atom. The monoisotopic (exact) mass is 411 g/mol. The molecule has 0 aliphatic heterocycles. The van der Waals surface area contributed by atoms with Crippen LogP contribution in [0.1, 0.15) is 39.3 Å². The highest BCUT2D eigenvalue weighted by Gasteiger charge is 2.20. The lowest BCUT2D eigenvalue weighted by atomic mass is 10.2. The maximum Gasteiger partial charge on any atom is 0.330 e. The van der Waals surface area contributed by atoms with Crippen molar-refractivity contribution in [3.8, 4) is 5.69 Å². The van der Waals surface area contributed by atoms with E-state index < -0.39 is 11.2 Å². The molecule has 0 fully saturated rings. The molecule has 2 heterocycles. The minimum absolute atomic E-state index is 0.184. The molecule has 9 nitrogen and oxygen atoms in total. The Hall–Kier alpha value is -3.36. The van der Waals surface area contributed by atoms with E-state index in [1.807, 2.05) is 49.1 Å². The average Bonchev–Trinajstić information content (AvgIpc) is 3.18. The van der Waals surface area contributed by atoms with E-state index in [9.17, 15) is 9.59 Å². The van der Waals surface area contributed by atoms with Crippen LogP contribution in [0.4, 0.5) is 11.5 Å². The molecular formula is C21H29N7O2. The summed E-state index contributed by atoms with van der Waals surface area (Å²) < 4.78 is 1.43. The second-order valence-corrected chi connectivity index (χ2v) is 7.73. The zero-order chi connectivity index (χ0) is 21.7. The predicted octanol–water partition coefficient (Wildman–Crippen LogP) is 2.16. The zero-order valence-corrected chi connectivity index (χ0v) is 17.7. The summed E-state index contributed by atoms with van der Waals surface area (Å²) in [5.74, 6) is 0.391. The van der Waals surface area contributed by atoms with Gasteiger partial charge in [0.1, 0.15) is 17.2 Å². The van der Waals surface area contributed by atoms with E-state index in [4.69, 9.17) is 5.73 Å². The molecule has 3 N–H and O–H groups in total. The minimum atomic E-state index is -0.486. The van der Waals surface area contributed by atoms with Crippen LogP contribution >= 0.6 is 0 Å². The largest absolute Gasteiger partial charge is 0.383 e. The lowest BCUT2D eigenvalue weighted by molar-refractivity contribution is 0.506. The molecular weight excluding hydrogens is 382 g/mol. The molecule has 0 atom stereocenters. The SMILES string of the molecule is CCCCN(Cc1cnn(-c2ccccc2)n1)c1c(N)n(CC(C)C)c(=O)[nH]c1=O. The topological polar surface area (TPSA) is 115 Å². The van der Waals surface area contributed by atoms with Gasteiger partial charge in [0.25, 0.3) is 5.56 Å². The fourth-order valence-electron chi connectivity index (χ4n) is 3.30. The number of anilines is 2. The third-order valence-corrected chi connectivity index (χ3v) is 4.74. The van der Waals surface area contributed by atoms with Crippen molar-refractivity contribution >= 4 is 11.5 Å². The lowest BCUT2D eigenvalue weighted by Crippen LogP contribution is -2.39. The first-order chi connectivity index (χ1) is 14.4. The van der Waals surface area contributed by atoms with E-state index in [0.717, 1.165) is 18.5 Å². The number of H-pyrrole nitrogens is 1. The highest BCUT2D eigenvalue weighted by atomic mass is 16.2. The predicted molar refractivity (Wildman–Crippen MR) is 118 cm³/mol. The van der Waals surface area contributed by atoms with Gasteiger partial charge in [-0.2, -0.15) is 15.0 Å². The number of nitrogen functional groups attached to an aromatic ring is 1. The van der Waals surface area contributed by atoms with Gasteiger partial charge in [0.15, 0.2) is 0 Å². The van der Waals surface area contributed by atoms with Crippen molar-refractivity contribution in [3.05, 3.63) is 63.1 Å². The van der Waals surface area contributed by atoms with Crippen LogP contribution < -0.4 is 21.9 Å². The van der Waals surface area contributed by atoms with Crippen molar-refractivity contribution in [2.45, 2.75) is 46.7 Å². The molecule has 0 saturated heterocycles. The zero-order valence-electron chi connectivity index (χ0n) is 17.7. The molecule has 9 heteroatoms. The highest BCUT2D eigenvalue weighted by Crippen LogP contribution is 2.20. The molecule has 0 amide bonds. The Morgan fingerprint density at radius 3 is 2.60 bits per heavy atom. The van der Waals surface area contributed by atoms with Crippen LogP contribution in [0.3, 0.4) is 0 Å². The molecule has 3 aromatic rings. The van der Waals surface area contributed by atoms with Crippen LogP contribution in [-0.4, -0.2) is 31.1 Å². The van der Waals surface area contributed by atoms with Gasteiger partial charge in [-0.05, 0) is 24.5 Å². The summed E-state index contributed by atoms with van der Waals surface area (Å²) in [5.41, 5.74) is 7.21. The number of benzene rings is 1. The number of hydrogen-bond donors (Lipinski definition) is 2. The molecule has 0 unspecified atom stereocenters. The Labute approximate surface area is 175 Å². The normalized spacial score (nSPS) is 11.2. The highest BCUT2D eigenvalue weighted by molar-refractivity contribution is 5.62. The van der Waals surface area contributed by atoms with Gasteiger partial charge in [0, 0.05) is 13.1 Å². The number of nitrogens with zero attached hydrogens (tertiary/aromatic N) is 5. The van der Waals surface area contributed by atoms with Gasteiger partial charge in [0.05, 0.1) is 18.4 Å². The third kappa shape index (κ3) is 4.79. The van der Waals surface area contributed by atoms with Crippen molar-refractivity contribution in [2.24, 2.45) is 5.92 Å². The van der Waals surface area contributed by atoms with E-state index in [1.165, 1.54) is 4.57 Å². The van der Waals surface area contributed by atoms with Gasteiger partial charge < -0.3 is 10.6 Å². The van der Waals surface area contributed by atoms with Crippen LogP contribution in [0.15, 0.2) is 46.1 Å². The molecule has 160 valence electrons. The quantitative estimate of drug-likeness (QED) is 0.558. The smallest absolute Gasteiger partial charge is 0.330 e. The third-order valence-electron chi connectivity index (χ3n) is 4.74. The van der Waals surface area contributed by atoms with Crippen LogP contribution in [0.2, 0.25) is 0 Å². The van der Waals surface area contributed by atoms with Crippen LogP contribution in [0.25, 0.3) is 5.69 Å². The summed E-state index contributed by atoms with van der Waals surface area (Å²) in [4.78, 5) is 30.8. The lowest BCUT2D eigenvalue weighted by Gasteiger charge is -2.25. The van der Waals surface area contributed by atoms with Crippen molar-refractivity contribution < 1.29 is 0 Å². The molecule has 0 aliphatic carbocycles. The second-order valence-electron chi connectivity index (χ2n) is 7.73. The molecule has 0 bridgehead atoms. The Bertz CT molecular complexity index is 1080. The summed E-state index contributed by atoms with van der Waals surface area (Å²) in [6.45, 7) is 7.47. The number of nitrogens with one attached hydrogen (secondary N) is 1. The number of hydrogen-bond acceptors (Lipinski definition) is 6. The maximum atomic E-state index is 12.7. The van der Waals surface area contributed by atoms with E-state index in [2.05, 4.69) is 22.1 Å². The second kappa shape index (κ2) is 9.43. The van der Waals surface area contributed by atoms with Gasteiger partial charge in [-0.1, -0.05) is 45.4 Å². The minimum Gasteiger partial charge on any atom is -0.383 e. The number of aromatic nitrogens is 5. The van der Waals surface area contributed by atoms with Gasteiger partial charge >= 0.3 is 5.69 Å². The first kappa shape index (κ1) is 21.4. The molecule has 30 heavy (non-hydrogen) atoms. The van der Waals surface area contributed by atoms with Crippen molar-refractivity contribution in [3.63, 3.8) is 0 Å². The van der Waals surface area contributed by atoms with E-state index in [1.54, 1.807) is 11.0 Å².